The van der Waals surface area contributed by atoms with Crippen molar-refractivity contribution >= 4 is 32.7 Å². The van der Waals surface area contributed by atoms with Gasteiger partial charge in [0.1, 0.15) is 12.7 Å². The molecule has 1 aliphatic heterocycles. The number of hydrogen-bond donors (Lipinski definition) is 0. The predicted molar refractivity (Wildman–Crippen MR) is 156 cm³/mol. The minimum absolute atomic E-state index is 0.0909. The summed E-state index contributed by atoms with van der Waals surface area (Å²) in [5.74, 6) is -2.50. The largest absolute Gasteiger partial charge is 0.500 e. The first-order valence-corrected chi connectivity index (χ1v) is 16.7. The molecule has 1 rings (SSSR count). The van der Waals surface area contributed by atoms with E-state index in [2.05, 4.69) is 13.0 Å². The summed E-state index contributed by atoms with van der Waals surface area (Å²) in [6.07, 6.45) is -2.30. The van der Waals surface area contributed by atoms with Crippen molar-refractivity contribution < 1.29 is 60.9 Å². The second-order valence-electron chi connectivity index (χ2n) is 10.2. The number of carbonyl (C=O) groups is 4. The Balaban J connectivity index is 3.05. The Morgan fingerprint density at radius 3 is 1.77 bits per heavy atom. The Bertz CT molecular complexity index is 907. The van der Waals surface area contributed by atoms with Crippen LogP contribution in [0.2, 0.25) is 6.04 Å². The maximum atomic E-state index is 12.0. The van der Waals surface area contributed by atoms with Crippen molar-refractivity contribution in [2.75, 3.05) is 33.0 Å². The molecule has 0 radical (unpaired) electrons. The first-order chi connectivity index (χ1) is 20.3. The first-order valence-electron chi connectivity index (χ1n) is 14.8. The summed E-state index contributed by atoms with van der Waals surface area (Å²) in [7, 11) is -2.72. The number of rotatable bonds is 19. The standard InChI is InChI=1S/C29H50O13Si/c1-10-36-43(37-11-2,38-12-3)15-13-14-19(4)16-20(5)17-35-29-28(41-24(9)33)27(40-23(8)32)26(39-22(7)31)25(42-29)18-34-21(6)30/h16,19,25-29H,10-15,17-18H2,1-9H3/b20-16+/t19?,25?,26-,27+,28?,29+/m1/s1. The van der Waals surface area contributed by atoms with Crippen LogP contribution in [0, 0.1) is 5.92 Å². The number of hydrogen-bond acceptors (Lipinski definition) is 13. The number of carbonyl (C=O) groups excluding carboxylic acids is 4. The molecule has 0 saturated carbocycles. The third-order valence-corrected chi connectivity index (χ3v) is 9.38. The molecule has 0 aromatic carbocycles. The van der Waals surface area contributed by atoms with Crippen LogP contribution in [0.3, 0.4) is 0 Å². The van der Waals surface area contributed by atoms with Crippen molar-refractivity contribution in [1.82, 2.24) is 0 Å². The average Bonchev–Trinajstić information content (AvgIpc) is 2.88. The summed E-state index contributed by atoms with van der Waals surface area (Å²) in [6, 6.07) is 0.709. The van der Waals surface area contributed by atoms with Crippen LogP contribution in [-0.4, -0.2) is 96.4 Å². The summed E-state index contributed by atoms with van der Waals surface area (Å²) >= 11 is 0. The van der Waals surface area contributed by atoms with E-state index in [4.69, 9.17) is 41.7 Å². The molecule has 1 fully saturated rings. The fourth-order valence-corrected chi connectivity index (χ4v) is 7.44. The molecule has 0 spiro atoms. The minimum Gasteiger partial charge on any atom is -0.463 e. The lowest BCUT2D eigenvalue weighted by molar-refractivity contribution is -0.306. The van der Waals surface area contributed by atoms with Crippen LogP contribution < -0.4 is 0 Å². The van der Waals surface area contributed by atoms with Crippen LogP contribution in [0.25, 0.3) is 0 Å². The van der Waals surface area contributed by atoms with Crippen LogP contribution in [0.1, 0.15) is 75.2 Å². The smallest absolute Gasteiger partial charge is 0.463 e. The SMILES string of the molecule is CCO[Si](CCCC(C)/C=C(\C)CO[C@H]1OC(COC(C)=O)[C@@H](OC(C)=O)[C@H](OC(C)=O)C1OC(C)=O)(OCC)OCC. The van der Waals surface area contributed by atoms with Gasteiger partial charge in [0.2, 0.25) is 0 Å². The molecule has 248 valence electrons. The molecule has 1 heterocycles. The van der Waals surface area contributed by atoms with Gasteiger partial charge < -0.3 is 41.7 Å². The van der Waals surface area contributed by atoms with Crippen LogP contribution >= 0.6 is 0 Å². The third-order valence-electron chi connectivity index (χ3n) is 6.23. The van der Waals surface area contributed by atoms with Gasteiger partial charge in [0.05, 0.1) is 6.61 Å². The van der Waals surface area contributed by atoms with E-state index in [1.807, 2.05) is 27.7 Å². The highest BCUT2D eigenvalue weighted by molar-refractivity contribution is 6.60. The lowest BCUT2D eigenvalue weighted by Crippen LogP contribution is -2.63. The molecule has 1 aliphatic rings. The van der Waals surface area contributed by atoms with Gasteiger partial charge >= 0.3 is 32.7 Å². The highest BCUT2D eigenvalue weighted by atomic mass is 28.4. The van der Waals surface area contributed by atoms with E-state index < -0.39 is 63.4 Å². The normalized spacial score (nSPS) is 23.3. The fraction of sp³-hybridized carbons (Fsp3) is 0.793. The molecule has 3 unspecified atom stereocenters. The zero-order valence-electron chi connectivity index (χ0n) is 27.0. The van der Waals surface area contributed by atoms with Gasteiger partial charge in [-0.2, -0.15) is 0 Å². The second kappa shape index (κ2) is 19.8. The summed E-state index contributed by atoms with van der Waals surface area (Å²) < 4.78 is 51.2. The molecule has 0 bridgehead atoms. The van der Waals surface area contributed by atoms with Crippen LogP contribution in [0.15, 0.2) is 11.6 Å². The minimum atomic E-state index is -2.72. The Morgan fingerprint density at radius 2 is 1.28 bits per heavy atom. The molecule has 6 atom stereocenters. The predicted octanol–water partition coefficient (Wildman–Crippen LogP) is 3.50. The topological polar surface area (TPSA) is 151 Å². The van der Waals surface area contributed by atoms with E-state index in [9.17, 15) is 19.2 Å². The Kier molecular flexibility index (Phi) is 17.8. The van der Waals surface area contributed by atoms with Gasteiger partial charge in [0, 0.05) is 53.6 Å². The third kappa shape index (κ3) is 14.3. The van der Waals surface area contributed by atoms with Crippen molar-refractivity contribution in [3.05, 3.63) is 11.6 Å². The zero-order valence-corrected chi connectivity index (χ0v) is 28.0. The molecule has 13 nitrogen and oxygen atoms in total. The number of esters is 4. The molecule has 0 N–H and O–H groups in total. The zero-order chi connectivity index (χ0) is 32.6. The van der Waals surface area contributed by atoms with Crippen molar-refractivity contribution in [3.8, 4) is 0 Å². The molecule has 0 aliphatic carbocycles. The van der Waals surface area contributed by atoms with Crippen molar-refractivity contribution in [2.24, 2.45) is 5.92 Å². The molecule has 0 amide bonds. The summed E-state index contributed by atoms with van der Waals surface area (Å²) in [5, 5.41) is 0. The second-order valence-corrected chi connectivity index (χ2v) is 13.0. The average molecular weight is 635 g/mol. The molecular weight excluding hydrogens is 584 g/mol. The van der Waals surface area contributed by atoms with Crippen molar-refractivity contribution in [3.63, 3.8) is 0 Å². The maximum Gasteiger partial charge on any atom is 0.500 e. The molecule has 43 heavy (non-hydrogen) atoms. The molecular formula is C29H50O13Si. The Hall–Kier alpha value is -2.36. The van der Waals surface area contributed by atoms with E-state index >= 15 is 0 Å². The van der Waals surface area contributed by atoms with Gasteiger partial charge in [-0.15, -0.1) is 0 Å². The van der Waals surface area contributed by atoms with E-state index in [0.29, 0.717) is 25.9 Å². The molecule has 0 aromatic rings. The van der Waals surface area contributed by atoms with E-state index in [1.54, 1.807) is 0 Å². The van der Waals surface area contributed by atoms with Gasteiger partial charge in [0.15, 0.2) is 24.6 Å². The summed E-state index contributed by atoms with van der Waals surface area (Å²) in [4.78, 5) is 47.4. The fourth-order valence-electron chi connectivity index (χ4n) is 4.80. The molecule has 0 aromatic heterocycles. The molecule has 1 saturated heterocycles. The van der Waals surface area contributed by atoms with Gasteiger partial charge in [-0.1, -0.05) is 18.6 Å². The Morgan fingerprint density at radius 1 is 0.767 bits per heavy atom. The van der Waals surface area contributed by atoms with Crippen LogP contribution in [-0.2, 0) is 60.9 Å². The van der Waals surface area contributed by atoms with Crippen molar-refractivity contribution in [1.29, 1.82) is 0 Å². The highest BCUT2D eigenvalue weighted by Gasteiger charge is 2.52. The number of ether oxygens (including phenoxy) is 6. The maximum absolute atomic E-state index is 12.0. The van der Waals surface area contributed by atoms with E-state index in [0.717, 1.165) is 18.4 Å². The number of allylic oxidation sites excluding steroid dienone is 1. The van der Waals surface area contributed by atoms with Crippen LogP contribution in [0.5, 0.6) is 0 Å². The lowest BCUT2D eigenvalue weighted by atomic mass is 9.98. The van der Waals surface area contributed by atoms with Crippen molar-refractivity contribution in [2.45, 2.75) is 112 Å². The summed E-state index contributed by atoms with van der Waals surface area (Å²) in [6.45, 7) is 15.8. The Labute approximate surface area is 256 Å². The van der Waals surface area contributed by atoms with E-state index in [1.165, 1.54) is 27.7 Å². The first kappa shape index (κ1) is 38.7. The monoisotopic (exact) mass is 634 g/mol. The van der Waals surface area contributed by atoms with Gasteiger partial charge in [0.25, 0.3) is 0 Å². The summed E-state index contributed by atoms with van der Waals surface area (Å²) in [5.41, 5.74) is 0.878. The quantitative estimate of drug-likeness (QED) is 0.0883. The van der Waals surface area contributed by atoms with E-state index in [-0.39, 0.29) is 19.1 Å². The van der Waals surface area contributed by atoms with Gasteiger partial charge in [-0.25, -0.2) is 0 Å². The molecule has 14 heteroatoms. The van der Waals surface area contributed by atoms with Crippen LogP contribution in [0.4, 0.5) is 0 Å². The lowest BCUT2D eigenvalue weighted by Gasteiger charge is -2.44. The highest BCUT2D eigenvalue weighted by Crippen LogP contribution is 2.30. The van der Waals surface area contributed by atoms with Gasteiger partial charge in [-0.3, -0.25) is 19.2 Å². The van der Waals surface area contributed by atoms with Gasteiger partial charge in [-0.05, 0) is 46.5 Å².